The topological polar surface area (TPSA) is 45.7 Å². The molecule has 2 aliphatic heterocycles. The van der Waals surface area contributed by atoms with Crippen molar-refractivity contribution in [2.45, 2.75) is 31.5 Å². The highest BCUT2D eigenvalue weighted by Crippen LogP contribution is 2.42. The van der Waals surface area contributed by atoms with E-state index in [0.29, 0.717) is 26.2 Å². The minimum Gasteiger partial charge on any atom is -0.361 e. The summed E-state index contributed by atoms with van der Waals surface area (Å²) in [6, 6.07) is 22.8. The van der Waals surface area contributed by atoms with Crippen molar-refractivity contribution < 1.29 is 9.53 Å². The first kappa shape index (κ1) is 20.9. The van der Waals surface area contributed by atoms with Gasteiger partial charge in [-0.15, -0.1) is 0 Å². The number of aryl methyl sites for hydroxylation is 1. The van der Waals surface area contributed by atoms with E-state index in [1.54, 1.807) is 6.20 Å². The van der Waals surface area contributed by atoms with Gasteiger partial charge in [0.1, 0.15) is 0 Å². The van der Waals surface area contributed by atoms with E-state index in [2.05, 4.69) is 59.3 Å². The van der Waals surface area contributed by atoms with E-state index in [4.69, 9.17) is 4.74 Å². The Kier molecular flexibility index (Phi) is 5.77. The summed E-state index contributed by atoms with van der Waals surface area (Å²) < 4.78 is 6.40. The van der Waals surface area contributed by atoms with Gasteiger partial charge < -0.3 is 9.64 Å². The van der Waals surface area contributed by atoms with Gasteiger partial charge in [-0.3, -0.25) is 14.7 Å². The molecule has 1 aromatic heterocycles. The fourth-order valence-electron chi connectivity index (χ4n) is 5.14. The minimum absolute atomic E-state index is 0.0490. The summed E-state index contributed by atoms with van der Waals surface area (Å²) in [5.41, 5.74) is 3.84. The van der Waals surface area contributed by atoms with Crippen LogP contribution in [0.4, 0.5) is 0 Å². The maximum atomic E-state index is 13.9. The summed E-state index contributed by atoms with van der Waals surface area (Å²) in [6.45, 7) is 6.05. The van der Waals surface area contributed by atoms with Crippen LogP contribution in [0.25, 0.3) is 0 Å². The van der Waals surface area contributed by atoms with Gasteiger partial charge in [0.05, 0.1) is 6.61 Å². The molecule has 2 saturated heterocycles. The molecule has 2 aliphatic rings. The lowest BCUT2D eigenvalue weighted by atomic mass is 9.83. The predicted octanol–water partition coefficient (Wildman–Crippen LogP) is 3.79. The van der Waals surface area contributed by atoms with E-state index in [1.807, 2.05) is 35.4 Å². The van der Waals surface area contributed by atoms with Crippen LogP contribution in [0.3, 0.4) is 0 Å². The smallest absolute Gasteiger partial charge is 0.257 e. The van der Waals surface area contributed by atoms with Crippen LogP contribution < -0.4 is 0 Å². The molecule has 2 aromatic carbocycles. The third-order valence-corrected chi connectivity index (χ3v) is 6.62. The molecular weight excluding hydrogens is 398 g/mol. The van der Waals surface area contributed by atoms with Crippen molar-refractivity contribution in [3.8, 4) is 0 Å². The summed E-state index contributed by atoms with van der Waals surface area (Å²) in [5.74, 6) is 0.0419. The Bertz CT molecular complexity index is 1070. The first-order chi connectivity index (χ1) is 15.6. The summed E-state index contributed by atoms with van der Waals surface area (Å²) in [5, 5.41) is 0. The van der Waals surface area contributed by atoms with Crippen LogP contribution in [-0.4, -0.2) is 52.5 Å². The largest absolute Gasteiger partial charge is 0.361 e. The van der Waals surface area contributed by atoms with E-state index >= 15 is 0 Å². The molecule has 5 rings (SSSR count). The number of benzene rings is 2. The fourth-order valence-corrected chi connectivity index (χ4v) is 5.14. The lowest BCUT2D eigenvalue weighted by Crippen LogP contribution is -2.59. The van der Waals surface area contributed by atoms with Gasteiger partial charge in [-0.25, -0.2) is 0 Å². The number of aromatic nitrogens is 1. The average molecular weight is 428 g/mol. The first-order valence-corrected chi connectivity index (χ1v) is 11.3. The lowest BCUT2D eigenvalue weighted by molar-refractivity contribution is -0.173. The number of ether oxygens (including phenoxy) is 1. The standard InChI is InChI=1S/C27H29N3O2/c1-21-7-5-10-23(15-21)17-29-19-25(24-11-6-12-28-16-24)27(20-29)26(31)30(13-14-32-27)18-22-8-3-2-4-9-22/h2-12,15-16,25H,13-14,17-20H2,1H3. The molecule has 0 saturated carbocycles. The van der Waals surface area contributed by atoms with Crippen LogP contribution in [0, 0.1) is 6.92 Å². The van der Waals surface area contributed by atoms with E-state index in [9.17, 15) is 4.79 Å². The Balaban J connectivity index is 1.45. The monoisotopic (exact) mass is 427 g/mol. The number of nitrogens with zero attached hydrogens (tertiary/aromatic N) is 3. The number of carbonyl (C=O) groups is 1. The molecular formula is C27H29N3O2. The van der Waals surface area contributed by atoms with Crippen LogP contribution in [-0.2, 0) is 22.6 Å². The molecule has 3 heterocycles. The van der Waals surface area contributed by atoms with Gasteiger partial charge >= 0.3 is 0 Å². The zero-order valence-corrected chi connectivity index (χ0v) is 18.5. The van der Waals surface area contributed by atoms with Crippen molar-refractivity contribution in [2.24, 2.45) is 0 Å². The van der Waals surface area contributed by atoms with Crippen molar-refractivity contribution in [1.29, 1.82) is 0 Å². The highest BCUT2D eigenvalue weighted by atomic mass is 16.5. The minimum atomic E-state index is -0.875. The number of pyridine rings is 1. The third kappa shape index (κ3) is 4.06. The molecule has 1 amide bonds. The molecule has 2 unspecified atom stereocenters. The number of likely N-dealkylation sites (tertiary alicyclic amines) is 1. The first-order valence-electron chi connectivity index (χ1n) is 11.3. The molecule has 5 heteroatoms. The zero-order valence-electron chi connectivity index (χ0n) is 18.5. The number of hydrogen-bond donors (Lipinski definition) is 0. The van der Waals surface area contributed by atoms with Gasteiger partial charge in [0.2, 0.25) is 0 Å². The lowest BCUT2D eigenvalue weighted by Gasteiger charge is -2.42. The van der Waals surface area contributed by atoms with Gasteiger partial charge in [0, 0.05) is 51.0 Å². The molecule has 2 atom stereocenters. The van der Waals surface area contributed by atoms with Crippen molar-refractivity contribution >= 4 is 5.91 Å². The second-order valence-electron chi connectivity index (χ2n) is 8.95. The molecule has 1 spiro atoms. The number of hydrogen-bond acceptors (Lipinski definition) is 4. The molecule has 32 heavy (non-hydrogen) atoms. The Hall–Kier alpha value is -3.02. The van der Waals surface area contributed by atoms with E-state index in [-0.39, 0.29) is 11.8 Å². The third-order valence-electron chi connectivity index (χ3n) is 6.62. The van der Waals surface area contributed by atoms with Crippen LogP contribution in [0.1, 0.15) is 28.2 Å². The maximum Gasteiger partial charge on any atom is 0.257 e. The molecule has 164 valence electrons. The van der Waals surface area contributed by atoms with E-state index in [0.717, 1.165) is 24.2 Å². The summed E-state index contributed by atoms with van der Waals surface area (Å²) in [6.07, 6.45) is 3.66. The summed E-state index contributed by atoms with van der Waals surface area (Å²) in [7, 11) is 0. The second kappa shape index (κ2) is 8.85. The molecule has 3 aromatic rings. The van der Waals surface area contributed by atoms with Gasteiger partial charge in [-0.1, -0.05) is 66.2 Å². The van der Waals surface area contributed by atoms with Crippen molar-refractivity contribution in [3.63, 3.8) is 0 Å². The van der Waals surface area contributed by atoms with Gasteiger partial charge in [0.15, 0.2) is 5.60 Å². The Labute approximate surface area is 189 Å². The highest BCUT2D eigenvalue weighted by Gasteiger charge is 2.56. The Morgan fingerprint density at radius 1 is 1.03 bits per heavy atom. The normalized spacial score (nSPS) is 23.7. The van der Waals surface area contributed by atoms with Crippen molar-refractivity contribution in [3.05, 3.63) is 101 Å². The van der Waals surface area contributed by atoms with Gasteiger partial charge in [0.25, 0.3) is 5.91 Å². The Morgan fingerprint density at radius 3 is 2.66 bits per heavy atom. The summed E-state index contributed by atoms with van der Waals surface area (Å²) >= 11 is 0. The predicted molar refractivity (Wildman–Crippen MR) is 124 cm³/mol. The zero-order chi connectivity index (χ0) is 22.0. The SMILES string of the molecule is Cc1cccc(CN2CC(c3cccnc3)C3(C2)OCCN(Cc2ccccc2)C3=O)c1. The number of rotatable bonds is 5. The van der Waals surface area contributed by atoms with Crippen molar-refractivity contribution in [1.82, 2.24) is 14.8 Å². The van der Waals surface area contributed by atoms with E-state index < -0.39 is 5.60 Å². The molecule has 0 aliphatic carbocycles. The van der Waals surface area contributed by atoms with Crippen LogP contribution in [0.5, 0.6) is 0 Å². The summed E-state index contributed by atoms with van der Waals surface area (Å²) in [4.78, 5) is 22.6. The fraction of sp³-hybridized carbons (Fsp3) is 0.333. The molecule has 2 fully saturated rings. The number of amides is 1. The average Bonchev–Trinajstić information content (AvgIpc) is 3.17. The van der Waals surface area contributed by atoms with Crippen LogP contribution >= 0.6 is 0 Å². The van der Waals surface area contributed by atoms with Crippen LogP contribution in [0.2, 0.25) is 0 Å². The van der Waals surface area contributed by atoms with Gasteiger partial charge in [-0.2, -0.15) is 0 Å². The molecule has 0 radical (unpaired) electrons. The second-order valence-corrected chi connectivity index (χ2v) is 8.95. The van der Waals surface area contributed by atoms with Gasteiger partial charge in [-0.05, 0) is 29.7 Å². The molecule has 0 N–H and O–H groups in total. The number of carbonyl (C=O) groups excluding carboxylic acids is 1. The van der Waals surface area contributed by atoms with Crippen LogP contribution in [0.15, 0.2) is 79.1 Å². The molecule has 5 nitrogen and oxygen atoms in total. The maximum absolute atomic E-state index is 13.9. The van der Waals surface area contributed by atoms with Crippen molar-refractivity contribution in [2.75, 3.05) is 26.2 Å². The molecule has 0 bridgehead atoms. The Morgan fingerprint density at radius 2 is 1.88 bits per heavy atom. The quantitative estimate of drug-likeness (QED) is 0.622. The number of morpholine rings is 1. The highest BCUT2D eigenvalue weighted by molar-refractivity contribution is 5.88. The van der Waals surface area contributed by atoms with E-state index in [1.165, 1.54) is 11.1 Å².